The largest absolute Gasteiger partial charge is 0.481 e. The molecule has 1 heterocycles. The Kier molecular flexibility index (Phi) is 6.58. The normalized spacial score (nSPS) is 12.6. The van der Waals surface area contributed by atoms with Crippen molar-refractivity contribution in [3.63, 3.8) is 0 Å². The summed E-state index contributed by atoms with van der Waals surface area (Å²) in [5.41, 5.74) is -0.0930. The standard InChI is InChI=1S/C15H24N2O5/c1-15(2,3)22-14(20)17(7-8-18)10-12(19)11-5-6-13(21-4)16-9-11/h5-6,9,12,18-19H,7-8,10H2,1-4H3. The highest BCUT2D eigenvalue weighted by molar-refractivity contribution is 5.68. The molecule has 7 heteroatoms. The molecule has 1 amide bonds. The van der Waals surface area contributed by atoms with E-state index in [0.29, 0.717) is 11.4 Å². The summed E-state index contributed by atoms with van der Waals surface area (Å²) in [6.07, 6.45) is -0.0324. The molecule has 1 aromatic heterocycles. The third kappa shape index (κ3) is 5.87. The van der Waals surface area contributed by atoms with Crippen LogP contribution in [0.5, 0.6) is 5.88 Å². The molecule has 1 aromatic rings. The van der Waals surface area contributed by atoms with Gasteiger partial charge in [0.1, 0.15) is 5.60 Å². The molecule has 124 valence electrons. The number of carbonyl (C=O) groups is 1. The van der Waals surface area contributed by atoms with Gasteiger partial charge in [-0.3, -0.25) is 0 Å². The van der Waals surface area contributed by atoms with Crippen molar-refractivity contribution >= 4 is 6.09 Å². The topological polar surface area (TPSA) is 92.1 Å². The molecule has 0 fully saturated rings. The minimum Gasteiger partial charge on any atom is -0.481 e. The van der Waals surface area contributed by atoms with Crippen LogP contribution in [0.25, 0.3) is 0 Å². The molecule has 0 saturated carbocycles. The van der Waals surface area contributed by atoms with Crippen molar-refractivity contribution in [2.75, 3.05) is 26.8 Å². The van der Waals surface area contributed by atoms with E-state index in [2.05, 4.69) is 4.98 Å². The van der Waals surface area contributed by atoms with Gasteiger partial charge in [0.25, 0.3) is 0 Å². The highest BCUT2D eigenvalue weighted by atomic mass is 16.6. The van der Waals surface area contributed by atoms with Crippen LogP contribution < -0.4 is 4.74 Å². The summed E-state index contributed by atoms with van der Waals surface area (Å²) in [6, 6.07) is 3.30. The van der Waals surface area contributed by atoms with Crippen LogP contribution in [0.1, 0.15) is 32.4 Å². The first kappa shape index (κ1) is 18.2. The molecule has 2 N–H and O–H groups in total. The van der Waals surface area contributed by atoms with Crippen molar-refractivity contribution in [2.45, 2.75) is 32.5 Å². The monoisotopic (exact) mass is 312 g/mol. The van der Waals surface area contributed by atoms with Crippen LogP contribution in [-0.4, -0.2) is 58.6 Å². The molecule has 0 saturated heterocycles. The Bertz CT molecular complexity index is 470. The fourth-order valence-corrected chi connectivity index (χ4v) is 1.73. The van der Waals surface area contributed by atoms with Gasteiger partial charge in [0.2, 0.25) is 5.88 Å². The van der Waals surface area contributed by atoms with E-state index in [1.165, 1.54) is 18.2 Å². The van der Waals surface area contributed by atoms with Crippen molar-refractivity contribution in [1.29, 1.82) is 0 Å². The number of aliphatic hydroxyl groups excluding tert-OH is 2. The molecule has 0 aliphatic rings. The molecular weight excluding hydrogens is 288 g/mol. The fourth-order valence-electron chi connectivity index (χ4n) is 1.73. The molecule has 7 nitrogen and oxygen atoms in total. The van der Waals surface area contributed by atoms with Gasteiger partial charge in [0.05, 0.1) is 26.4 Å². The van der Waals surface area contributed by atoms with E-state index in [-0.39, 0.29) is 19.7 Å². The summed E-state index contributed by atoms with van der Waals surface area (Å²) in [6.45, 7) is 5.13. The van der Waals surface area contributed by atoms with Crippen molar-refractivity contribution in [1.82, 2.24) is 9.88 Å². The maximum absolute atomic E-state index is 12.1. The molecule has 0 aromatic carbocycles. The molecule has 0 aliphatic carbocycles. The lowest BCUT2D eigenvalue weighted by Crippen LogP contribution is -2.40. The lowest BCUT2D eigenvalue weighted by Gasteiger charge is -2.28. The van der Waals surface area contributed by atoms with Gasteiger partial charge in [-0.15, -0.1) is 0 Å². The van der Waals surface area contributed by atoms with Gasteiger partial charge >= 0.3 is 6.09 Å². The van der Waals surface area contributed by atoms with E-state index in [4.69, 9.17) is 14.6 Å². The number of carbonyl (C=O) groups excluding carboxylic acids is 1. The van der Waals surface area contributed by atoms with Gasteiger partial charge in [0.15, 0.2) is 0 Å². The number of ether oxygens (including phenoxy) is 2. The number of rotatable bonds is 6. The van der Waals surface area contributed by atoms with Crippen molar-refractivity contribution in [2.24, 2.45) is 0 Å². The Morgan fingerprint density at radius 3 is 2.55 bits per heavy atom. The zero-order valence-corrected chi connectivity index (χ0v) is 13.4. The number of nitrogens with zero attached hydrogens (tertiary/aromatic N) is 2. The van der Waals surface area contributed by atoms with Crippen molar-refractivity contribution in [3.8, 4) is 5.88 Å². The van der Waals surface area contributed by atoms with Crippen molar-refractivity contribution in [3.05, 3.63) is 23.9 Å². The fraction of sp³-hybridized carbons (Fsp3) is 0.600. The molecule has 1 unspecified atom stereocenters. The third-order valence-electron chi connectivity index (χ3n) is 2.77. The maximum Gasteiger partial charge on any atom is 0.410 e. The summed E-state index contributed by atoms with van der Waals surface area (Å²) < 4.78 is 10.2. The van der Waals surface area contributed by atoms with Gasteiger partial charge in [-0.25, -0.2) is 9.78 Å². The number of aliphatic hydroxyl groups is 2. The Balaban J connectivity index is 2.74. The third-order valence-corrected chi connectivity index (χ3v) is 2.77. The van der Waals surface area contributed by atoms with E-state index in [1.54, 1.807) is 32.9 Å². The van der Waals surface area contributed by atoms with Crippen LogP contribution >= 0.6 is 0 Å². The van der Waals surface area contributed by atoms with Gasteiger partial charge in [-0.1, -0.05) is 0 Å². The quantitative estimate of drug-likeness (QED) is 0.824. The molecular formula is C15H24N2O5. The van der Waals surface area contributed by atoms with Crippen LogP contribution in [0.4, 0.5) is 4.79 Å². The first-order chi connectivity index (χ1) is 10.3. The second-order valence-corrected chi connectivity index (χ2v) is 5.80. The lowest BCUT2D eigenvalue weighted by molar-refractivity contribution is 0.0109. The molecule has 22 heavy (non-hydrogen) atoms. The summed E-state index contributed by atoms with van der Waals surface area (Å²) in [4.78, 5) is 17.3. The Morgan fingerprint density at radius 2 is 2.09 bits per heavy atom. The molecule has 1 atom stereocenters. The van der Waals surface area contributed by atoms with E-state index in [1.807, 2.05) is 0 Å². The number of pyridine rings is 1. The second kappa shape index (κ2) is 7.95. The van der Waals surface area contributed by atoms with Crippen LogP contribution in [0.3, 0.4) is 0 Å². The van der Waals surface area contributed by atoms with Crippen LogP contribution in [-0.2, 0) is 4.74 Å². The smallest absolute Gasteiger partial charge is 0.410 e. The molecule has 0 aliphatic heterocycles. The van der Waals surface area contributed by atoms with Crippen molar-refractivity contribution < 1.29 is 24.5 Å². The Labute approximate surface area is 130 Å². The van der Waals surface area contributed by atoms with Gasteiger partial charge in [-0.2, -0.15) is 0 Å². The zero-order valence-electron chi connectivity index (χ0n) is 13.4. The number of hydrogen-bond acceptors (Lipinski definition) is 6. The number of aromatic nitrogens is 1. The van der Waals surface area contributed by atoms with Gasteiger partial charge in [0, 0.05) is 24.4 Å². The first-order valence-corrected chi connectivity index (χ1v) is 7.03. The van der Waals surface area contributed by atoms with Crippen LogP contribution in [0.15, 0.2) is 18.3 Å². The summed E-state index contributed by atoms with van der Waals surface area (Å²) in [5.74, 6) is 0.440. The maximum atomic E-state index is 12.1. The SMILES string of the molecule is COc1ccc(C(O)CN(CCO)C(=O)OC(C)(C)C)cn1. The van der Waals surface area contributed by atoms with E-state index >= 15 is 0 Å². The molecule has 1 rings (SSSR count). The van der Waals surface area contributed by atoms with E-state index < -0.39 is 17.8 Å². The highest BCUT2D eigenvalue weighted by Crippen LogP contribution is 2.17. The average molecular weight is 312 g/mol. The predicted molar refractivity (Wildman–Crippen MR) is 80.6 cm³/mol. The number of hydrogen-bond donors (Lipinski definition) is 2. The van der Waals surface area contributed by atoms with Crippen LogP contribution in [0.2, 0.25) is 0 Å². The molecule has 0 bridgehead atoms. The highest BCUT2D eigenvalue weighted by Gasteiger charge is 2.24. The minimum atomic E-state index is -0.933. The van der Waals surface area contributed by atoms with Gasteiger partial charge < -0.3 is 24.6 Å². The molecule has 0 spiro atoms. The summed E-state index contributed by atoms with van der Waals surface area (Å²) >= 11 is 0. The van der Waals surface area contributed by atoms with E-state index in [0.717, 1.165) is 0 Å². The second-order valence-electron chi connectivity index (χ2n) is 5.80. The minimum absolute atomic E-state index is 0.00345. The number of amides is 1. The predicted octanol–water partition coefficient (Wildman–Crippen LogP) is 1.35. The average Bonchev–Trinajstić information content (AvgIpc) is 2.45. The first-order valence-electron chi connectivity index (χ1n) is 7.03. The Morgan fingerprint density at radius 1 is 1.41 bits per heavy atom. The summed E-state index contributed by atoms with van der Waals surface area (Å²) in [5, 5.41) is 19.3. The summed E-state index contributed by atoms with van der Waals surface area (Å²) in [7, 11) is 1.50. The van der Waals surface area contributed by atoms with Gasteiger partial charge in [-0.05, 0) is 26.8 Å². The lowest BCUT2D eigenvalue weighted by atomic mass is 10.1. The zero-order chi connectivity index (χ0) is 16.8. The van der Waals surface area contributed by atoms with E-state index in [9.17, 15) is 9.90 Å². The molecule has 0 radical (unpaired) electrons. The Hall–Kier alpha value is -1.86. The number of methoxy groups -OCH3 is 1. The van der Waals surface area contributed by atoms with Crippen LogP contribution in [0, 0.1) is 0 Å².